The van der Waals surface area contributed by atoms with Crippen molar-refractivity contribution in [1.29, 1.82) is 0 Å². The Hall–Kier alpha value is -3.47. The number of hydrogen-bond acceptors (Lipinski definition) is 3. The third-order valence-electron chi connectivity index (χ3n) is 5.85. The molecule has 2 amide bonds. The van der Waals surface area contributed by atoms with Gasteiger partial charge in [0.2, 0.25) is 5.91 Å². The minimum absolute atomic E-state index is 0.0161. The zero-order chi connectivity index (χ0) is 21.0. The van der Waals surface area contributed by atoms with E-state index >= 15 is 0 Å². The molecule has 5 nitrogen and oxygen atoms in total. The molecular weight excluding hydrogens is 374 g/mol. The van der Waals surface area contributed by atoms with Gasteiger partial charge in [-0.15, -0.1) is 0 Å². The Kier molecular flexibility index (Phi) is 5.61. The highest BCUT2D eigenvalue weighted by Gasteiger charge is 2.45. The van der Waals surface area contributed by atoms with Gasteiger partial charge in [0.15, 0.2) is 0 Å². The number of hydrogen-bond donors (Lipinski definition) is 1. The molecule has 3 aromatic rings. The van der Waals surface area contributed by atoms with E-state index in [1.807, 2.05) is 24.3 Å². The van der Waals surface area contributed by atoms with Crippen LogP contribution in [0.4, 0.5) is 0 Å². The molecule has 1 fully saturated rings. The molecule has 4 rings (SSSR count). The number of amides is 2. The maximum absolute atomic E-state index is 12.9. The molecule has 0 aliphatic carbocycles. The molecule has 0 radical (unpaired) electrons. The van der Waals surface area contributed by atoms with Crippen LogP contribution in [0.15, 0.2) is 79.1 Å². The van der Waals surface area contributed by atoms with Crippen LogP contribution in [0.5, 0.6) is 0 Å². The van der Waals surface area contributed by atoms with Crippen molar-refractivity contribution in [3.63, 3.8) is 0 Å². The third kappa shape index (κ3) is 3.96. The molecule has 1 atom stereocenters. The topological polar surface area (TPSA) is 62.3 Å². The van der Waals surface area contributed by atoms with Crippen molar-refractivity contribution in [1.82, 2.24) is 15.2 Å². The summed E-state index contributed by atoms with van der Waals surface area (Å²) in [6, 6.07) is 22.0. The quantitative estimate of drug-likeness (QED) is 0.713. The number of aromatic nitrogens is 1. The van der Waals surface area contributed by atoms with E-state index < -0.39 is 5.41 Å². The molecule has 0 unspecified atom stereocenters. The Bertz CT molecular complexity index is 1040. The molecule has 5 heteroatoms. The Labute approximate surface area is 176 Å². The van der Waals surface area contributed by atoms with Crippen molar-refractivity contribution in [2.24, 2.45) is 5.41 Å². The van der Waals surface area contributed by atoms with Crippen LogP contribution < -0.4 is 5.32 Å². The number of carbonyl (C=O) groups excluding carboxylic acids is 2. The fourth-order valence-electron chi connectivity index (χ4n) is 4.28. The summed E-state index contributed by atoms with van der Waals surface area (Å²) in [5, 5.41) is 2.83. The van der Waals surface area contributed by atoms with Gasteiger partial charge >= 0.3 is 0 Å². The van der Waals surface area contributed by atoms with Crippen molar-refractivity contribution in [2.75, 3.05) is 20.1 Å². The van der Waals surface area contributed by atoms with Gasteiger partial charge in [0.25, 0.3) is 5.91 Å². The summed E-state index contributed by atoms with van der Waals surface area (Å²) in [6.45, 7) is 0.969. The van der Waals surface area contributed by atoms with Crippen LogP contribution in [-0.4, -0.2) is 41.8 Å². The molecule has 1 aliphatic rings. The lowest BCUT2D eigenvalue weighted by molar-refractivity contribution is -0.129. The van der Waals surface area contributed by atoms with Gasteiger partial charge in [0.05, 0.1) is 5.41 Å². The lowest BCUT2D eigenvalue weighted by Gasteiger charge is -2.28. The molecule has 2 aromatic carbocycles. The van der Waals surface area contributed by atoms with Crippen LogP contribution in [0, 0.1) is 5.41 Å². The largest absolute Gasteiger partial charge is 0.359 e. The van der Waals surface area contributed by atoms with E-state index in [-0.39, 0.29) is 11.8 Å². The summed E-state index contributed by atoms with van der Waals surface area (Å²) in [6.07, 6.45) is 4.46. The van der Waals surface area contributed by atoms with E-state index in [2.05, 4.69) is 40.6 Å². The summed E-state index contributed by atoms with van der Waals surface area (Å²) in [5.74, 6) is -0.0705. The SMILES string of the molecule is CNC(=O)[C@]1(Cc2cccc(-c3ccccc3)c2)CCN(C(=O)c2ccncc2)C1. The van der Waals surface area contributed by atoms with Gasteiger partial charge in [0.1, 0.15) is 0 Å². The zero-order valence-electron chi connectivity index (χ0n) is 17.0. The van der Waals surface area contributed by atoms with E-state index in [0.29, 0.717) is 31.5 Å². The fourth-order valence-corrected chi connectivity index (χ4v) is 4.28. The number of rotatable bonds is 5. The Balaban J connectivity index is 1.59. The summed E-state index contributed by atoms with van der Waals surface area (Å²) in [4.78, 5) is 31.6. The van der Waals surface area contributed by atoms with Crippen LogP contribution in [-0.2, 0) is 11.2 Å². The van der Waals surface area contributed by atoms with Gasteiger partial charge in [0, 0.05) is 38.1 Å². The van der Waals surface area contributed by atoms with Crippen LogP contribution in [0.2, 0.25) is 0 Å². The number of nitrogens with one attached hydrogen (secondary N) is 1. The number of carbonyl (C=O) groups is 2. The Morgan fingerprint density at radius 3 is 2.47 bits per heavy atom. The lowest BCUT2D eigenvalue weighted by Crippen LogP contribution is -2.44. The first-order valence-electron chi connectivity index (χ1n) is 10.2. The first kappa shape index (κ1) is 19.8. The average molecular weight is 399 g/mol. The number of pyridine rings is 1. The predicted octanol–water partition coefficient (Wildman–Crippen LogP) is 3.57. The van der Waals surface area contributed by atoms with E-state index in [4.69, 9.17) is 0 Å². The van der Waals surface area contributed by atoms with Crippen molar-refractivity contribution < 1.29 is 9.59 Å². The molecule has 0 bridgehead atoms. The van der Waals surface area contributed by atoms with Crippen LogP contribution in [0.3, 0.4) is 0 Å². The maximum atomic E-state index is 12.9. The highest BCUT2D eigenvalue weighted by Crippen LogP contribution is 2.36. The lowest BCUT2D eigenvalue weighted by atomic mass is 9.79. The molecule has 1 saturated heterocycles. The van der Waals surface area contributed by atoms with Crippen molar-refractivity contribution in [2.45, 2.75) is 12.8 Å². The molecule has 0 spiro atoms. The van der Waals surface area contributed by atoms with E-state index in [1.54, 1.807) is 36.5 Å². The second-order valence-electron chi connectivity index (χ2n) is 7.82. The predicted molar refractivity (Wildman–Crippen MR) is 117 cm³/mol. The van der Waals surface area contributed by atoms with Crippen LogP contribution >= 0.6 is 0 Å². The van der Waals surface area contributed by atoms with Crippen LogP contribution in [0.1, 0.15) is 22.3 Å². The van der Waals surface area contributed by atoms with Crippen LogP contribution in [0.25, 0.3) is 11.1 Å². The summed E-state index contributed by atoms with van der Waals surface area (Å²) in [7, 11) is 1.66. The molecule has 1 N–H and O–H groups in total. The summed E-state index contributed by atoms with van der Waals surface area (Å²) < 4.78 is 0. The smallest absolute Gasteiger partial charge is 0.253 e. The first-order valence-corrected chi connectivity index (χ1v) is 10.2. The van der Waals surface area contributed by atoms with Gasteiger partial charge in [-0.25, -0.2) is 0 Å². The summed E-state index contributed by atoms with van der Waals surface area (Å²) in [5.41, 5.74) is 3.34. The highest BCUT2D eigenvalue weighted by atomic mass is 16.2. The van der Waals surface area contributed by atoms with Gasteiger partial charge in [-0.2, -0.15) is 0 Å². The molecule has 152 valence electrons. The summed E-state index contributed by atoms with van der Waals surface area (Å²) >= 11 is 0. The Morgan fingerprint density at radius 2 is 1.73 bits per heavy atom. The molecule has 30 heavy (non-hydrogen) atoms. The van der Waals surface area contributed by atoms with E-state index in [1.165, 1.54) is 0 Å². The minimum atomic E-state index is -0.632. The van der Waals surface area contributed by atoms with Gasteiger partial charge in [-0.3, -0.25) is 14.6 Å². The molecule has 0 saturated carbocycles. The van der Waals surface area contributed by atoms with Gasteiger partial charge in [-0.1, -0.05) is 54.6 Å². The molecule has 2 heterocycles. The standard InChI is InChI=1S/C25H25N3O2/c1-26-24(30)25(12-15-28(18-25)23(29)21-10-13-27-14-11-21)17-19-6-5-9-22(16-19)20-7-3-2-4-8-20/h2-11,13-14,16H,12,15,17-18H2,1H3,(H,26,30)/t25-/m0/s1. The average Bonchev–Trinajstić information content (AvgIpc) is 3.24. The zero-order valence-corrected chi connectivity index (χ0v) is 17.0. The molecule has 1 aliphatic heterocycles. The minimum Gasteiger partial charge on any atom is -0.359 e. The van der Waals surface area contributed by atoms with E-state index in [0.717, 1.165) is 16.7 Å². The molecular formula is C25H25N3O2. The number of benzene rings is 2. The van der Waals surface area contributed by atoms with Crippen molar-refractivity contribution in [3.8, 4) is 11.1 Å². The monoisotopic (exact) mass is 399 g/mol. The Morgan fingerprint density at radius 1 is 1.00 bits per heavy atom. The van der Waals surface area contributed by atoms with E-state index in [9.17, 15) is 9.59 Å². The first-order chi connectivity index (χ1) is 14.6. The van der Waals surface area contributed by atoms with Gasteiger partial charge in [-0.05, 0) is 41.7 Å². The second-order valence-corrected chi connectivity index (χ2v) is 7.82. The van der Waals surface area contributed by atoms with Gasteiger partial charge < -0.3 is 10.2 Å². The fraction of sp³-hybridized carbons (Fsp3) is 0.240. The van der Waals surface area contributed by atoms with Crippen molar-refractivity contribution >= 4 is 11.8 Å². The molecule has 1 aromatic heterocycles. The normalized spacial score (nSPS) is 18.2. The second kappa shape index (κ2) is 8.49. The number of likely N-dealkylation sites (tertiary alicyclic amines) is 1. The maximum Gasteiger partial charge on any atom is 0.253 e. The van der Waals surface area contributed by atoms with Crippen molar-refractivity contribution in [3.05, 3.63) is 90.3 Å². The highest BCUT2D eigenvalue weighted by molar-refractivity contribution is 5.95. The third-order valence-corrected chi connectivity index (χ3v) is 5.85. The number of nitrogens with zero attached hydrogens (tertiary/aromatic N) is 2.